The Kier molecular flexibility index (Phi) is 4.08. The molecule has 0 aliphatic carbocycles. The normalized spacial score (nSPS) is 12.4. The van der Waals surface area contributed by atoms with E-state index in [4.69, 9.17) is 0 Å². The molecule has 0 bridgehead atoms. The fraction of sp³-hybridized carbons (Fsp3) is 0.375. The summed E-state index contributed by atoms with van der Waals surface area (Å²) in [6.45, 7) is 6.52. The third-order valence-corrected chi connectivity index (χ3v) is 3.27. The molecule has 0 aliphatic rings. The number of hydrogen-bond donors (Lipinski definition) is 0. The summed E-state index contributed by atoms with van der Waals surface area (Å²) < 4.78 is 0. The van der Waals surface area contributed by atoms with Crippen LogP contribution in [0.4, 0.5) is 0 Å². The number of aromatic nitrogens is 2. The van der Waals surface area contributed by atoms with Gasteiger partial charge in [-0.25, -0.2) is 9.97 Å². The number of aryl methyl sites for hydroxylation is 1. The molecule has 0 N–H and O–H groups in total. The van der Waals surface area contributed by atoms with Gasteiger partial charge >= 0.3 is 0 Å². The number of hydrogen-bond acceptors (Lipinski definition) is 2. The average Bonchev–Trinajstić information content (AvgIpc) is 2.40. The zero-order valence-electron chi connectivity index (χ0n) is 11.4. The molecule has 1 heterocycles. The lowest BCUT2D eigenvalue weighted by molar-refractivity contribution is 0.560. The molecule has 2 aromatic rings. The molecular weight excluding hydrogens is 220 g/mol. The highest BCUT2D eigenvalue weighted by Crippen LogP contribution is 2.17. The molecule has 0 amide bonds. The van der Waals surface area contributed by atoms with E-state index in [-0.39, 0.29) is 0 Å². The van der Waals surface area contributed by atoms with Crippen LogP contribution in [0.5, 0.6) is 0 Å². The molecule has 1 aromatic carbocycles. The predicted molar refractivity (Wildman–Crippen MR) is 75.4 cm³/mol. The second-order valence-corrected chi connectivity index (χ2v) is 5.00. The van der Waals surface area contributed by atoms with Gasteiger partial charge < -0.3 is 0 Å². The Labute approximate surface area is 109 Å². The van der Waals surface area contributed by atoms with Gasteiger partial charge in [0.25, 0.3) is 0 Å². The van der Waals surface area contributed by atoms with Crippen LogP contribution >= 0.6 is 0 Å². The third kappa shape index (κ3) is 3.16. The van der Waals surface area contributed by atoms with Crippen molar-refractivity contribution in [2.24, 2.45) is 5.92 Å². The number of rotatable bonds is 4. The first-order chi connectivity index (χ1) is 8.69. The van der Waals surface area contributed by atoms with Gasteiger partial charge in [0.15, 0.2) is 5.82 Å². The largest absolute Gasteiger partial charge is 0.236 e. The van der Waals surface area contributed by atoms with Gasteiger partial charge in [-0.2, -0.15) is 0 Å². The predicted octanol–water partition coefficient (Wildman–Crippen LogP) is 4.04. The first kappa shape index (κ1) is 12.7. The van der Waals surface area contributed by atoms with Crippen molar-refractivity contribution in [3.8, 4) is 11.4 Å². The van der Waals surface area contributed by atoms with E-state index in [1.807, 2.05) is 19.3 Å². The van der Waals surface area contributed by atoms with Crippen LogP contribution in [0.3, 0.4) is 0 Å². The Morgan fingerprint density at radius 2 is 1.67 bits per heavy atom. The van der Waals surface area contributed by atoms with E-state index >= 15 is 0 Å². The Morgan fingerprint density at radius 1 is 1.06 bits per heavy atom. The maximum Gasteiger partial charge on any atom is 0.159 e. The Balaban J connectivity index is 2.14. The molecule has 0 radical (unpaired) electrons. The standard InChI is InChI=1S/C16H20N2/c1-4-12(2)9-14-5-7-15(8-6-14)16-17-10-13(3)11-18-16/h5-8,10-12H,4,9H2,1-3H3. The molecule has 0 saturated heterocycles. The third-order valence-electron chi connectivity index (χ3n) is 3.27. The fourth-order valence-corrected chi connectivity index (χ4v) is 1.88. The Hall–Kier alpha value is -1.70. The summed E-state index contributed by atoms with van der Waals surface area (Å²) in [7, 11) is 0. The van der Waals surface area contributed by atoms with E-state index in [1.54, 1.807) is 0 Å². The molecule has 1 atom stereocenters. The maximum atomic E-state index is 4.34. The minimum atomic E-state index is 0.742. The van der Waals surface area contributed by atoms with Gasteiger partial charge in [-0.05, 0) is 30.4 Å². The minimum Gasteiger partial charge on any atom is -0.236 e. The molecular formula is C16H20N2. The molecule has 94 valence electrons. The quantitative estimate of drug-likeness (QED) is 0.806. The van der Waals surface area contributed by atoms with Crippen LogP contribution in [0, 0.1) is 12.8 Å². The monoisotopic (exact) mass is 240 g/mol. The van der Waals surface area contributed by atoms with E-state index in [9.17, 15) is 0 Å². The van der Waals surface area contributed by atoms with Crippen molar-refractivity contribution >= 4 is 0 Å². The lowest BCUT2D eigenvalue weighted by Crippen LogP contribution is -1.97. The summed E-state index contributed by atoms with van der Waals surface area (Å²) in [5.74, 6) is 1.54. The lowest BCUT2D eigenvalue weighted by Gasteiger charge is -2.08. The zero-order chi connectivity index (χ0) is 13.0. The lowest BCUT2D eigenvalue weighted by atomic mass is 9.98. The maximum absolute atomic E-state index is 4.34. The molecule has 0 fully saturated rings. The smallest absolute Gasteiger partial charge is 0.159 e. The summed E-state index contributed by atoms with van der Waals surface area (Å²) in [5, 5.41) is 0. The summed E-state index contributed by atoms with van der Waals surface area (Å²) in [6.07, 6.45) is 6.08. The molecule has 1 aromatic heterocycles. The van der Waals surface area contributed by atoms with E-state index in [0.29, 0.717) is 0 Å². The van der Waals surface area contributed by atoms with Crippen molar-refractivity contribution in [3.63, 3.8) is 0 Å². The molecule has 2 heteroatoms. The van der Waals surface area contributed by atoms with E-state index < -0.39 is 0 Å². The van der Waals surface area contributed by atoms with Gasteiger partial charge in [0.05, 0.1) is 0 Å². The number of nitrogens with zero attached hydrogens (tertiary/aromatic N) is 2. The van der Waals surface area contributed by atoms with Crippen LogP contribution in [0.1, 0.15) is 31.4 Å². The van der Waals surface area contributed by atoms with Gasteiger partial charge in [0, 0.05) is 18.0 Å². The first-order valence-corrected chi connectivity index (χ1v) is 6.57. The molecule has 0 saturated carbocycles. The van der Waals surface area contributed by atoms with Gasteiger partial charge in [-0.15, -0.1) is 0 Å². The van der Waals surface area contributed by atoms with Crippen molar-refractivity contribution in [2.75, 3.05) is 0 Å². The SMILES string of the molecule is CCC(C)Cc1ccc(-c2ncc(C)cn2)cc1. The van der Waals surface area contributed by atoms with Gasteiger partial charge in [0.2, 0.25) is 0 Å². The van der Waals surface area contributed by atoms with Gasteiger partial charge in [0.1, 0.15) is 0 Å². The second-order valence-electron chi connectivity index (χ2n) is 5.00. The van der Waals surface area contributed by atoms with E-state index in [2.05, 4.69) is 48.1 Å². The Morgan fingerprint density at radius 3 is 2.22 bits per heavy atom. The van der Waals surface area contributed by atoms with Gasteiger partial charge in [-0.1, -0.05) is 44.5 Å². The Bertz CT molecular complexity index is 486. The van der Waals surface area contributed by atoms with Crippen molar-refractivity contribution in [3.05, 3.63) is 47.8 Å². The molecule has 2 rings (SSSR count). The summed E-state index contributed by atoms with van der Waals surface area (Å²) in [4.78, 5) is 8.69. The minimum absolute atomic E-state index is 0.742. The van der Waals surface area contributed by atoms with Crippen molar-refractivity contribution < 1.29 is 0 Å². The van der Waals surface area contributed by atoms with Crippen LogP contribution < -0.4 is 0 Å². The van der Waals surface area contributed by atoms with E-state index in [0.717, 1.165) is 29.3 Å². The number of benzene rings is 1. The van der Waals surface area contributed by atoms with Crippen molar-refractivity contribution in [2.45, 2.75) is 33.6 Å². The summed E-state index contributed by atoms with van der Waals surface area (Å²) >= 11 is 0. The van der Waals surface area contributed by atoms with Crippen molar-refractivity contribution in [1.29, 1.82) is 0 Å². The highest BCUT2D eigenvalue weighted by molar-refractivity contribution is 5.55. The average molecular weight is 240 g/mol. The van der Waals surface area contributed by atoms with Crippen LogP contribution in [0.25, 0.3) is 11.4 Å². The first-order valence-electron chi connectivity index (χ1n) is 6.57. The van der Waals surface area contributed by atoms with Crippen molar-refractivity contribution in [1.82, 2.24) is 9.97 Å². The molecule has 0 aliphatic heterocycles. The molecule has 18 heavy (non-hydrogen) atoms. The zero-order valence-corrected chi connectivity index (χ0v) is 11.4. The van der Waals surface area contributed by atoms with E-state index in [1.165, 1.54) is 12.0 Å². The van der Waals surface area contributed by atoms with Crippen LogP contribution in [0.2, 0.25) is 0 Å². The summed E-state index contributed by atoms with van der Waals surface area (Å²) in [6, 6.07) is 8.60. The van der Waals surface area contributed by atoms with Gasteiger partial charge in [-0.3, -0.25) is 0 Å². The summed E-state index contributed by atoms with van der Waals surface area (Å²) in [5.41, 5.74) is 3.57. The molecule has 1 unspecified atom stereocenters. The highest BCUT2D eigenvalue weighted by Gasteiger charge is 2.03. The van der Waals surface area contributed by atoms with Crippen LogP contribution in [-0.2, 0) is 6.42 Å². The van der Waals surface area contributed by atoms with Crippen LogP contribution in [-0.4, -0.2) is 9.97 Å². The fourth-order valence-electron chi connectivity index (χ4n) is 1.88. The molecule has 0 spiro atoms. The van der Waals surface area contributed by atoms with Crippen LogP contribution in [0.15, 0.2) is 36.7 Å². The second kappa shape index (κ2) is 5.76. The topological polar surface area (TPSA) is 25.8 Å². The molecule has 2 nitrogen and oxygen atoms in total. The highest BCUT2D eigenvalue weighted by atomic mass is 14.9.